The minimum Gasteiger partial charge on any atom is -0.756 e. The molecule has 0 bridgehead atoms. The molecule has 6 N–H and O–H groups in total. The van der Waals surface area contributed by atoms with Crippen LogP contribution in [0.15, 0.2) is 12.7 Å². The summed E-state index contributed by atoms with van der Waals surface area (Å²) in [5, 5.41) is 20.3. The van der Waals surface area contributed by atoms with E-state index in [-0.39, 0.29) is 17.0 Å². The van der Waals surface area contributed by atoms with Gasteiger partial charge in [0, 0.05) is 0 Å². The number of rotatable bonds is 6. The molecule has 3 rings (SSSR count). The number of nitrogens with zero attached hydrogens (tertiary/aromatic N) is 4. The lowest BCUT2D eigenvalue weighted by atomic mass is 10.1. The van der Waals surface area contributed by atoms with Crippen LogP contribution in [0.4, 0.5) is 5.82 Å². The summed E-state index contributed by atoms with van der Waals surface area (Å²) in [4.78, 5) is 41.0. The molecule has 0 amide bonds. The van der Waals surface area contributed by atoms with E-state index in [1.54, 1.807) is 0 Å². The van der Waals surface area contributed by atoms with Crippen molar-refractivity contribution in [2.24, 2.45) is 0 Å². The van der Waals surface area contributed by atoms with Gasteiger partial charge in [0.25, 0.3) is 7.82 Å². The maximum Gasteiger partial charge on any atom is 0.328 e. The van der Waals surface area contributed by atoms with Crippen molar-refractivity contribution in [3.05, 3.63) is 12.7 Å². The number of imidazole rings is 1. The third-order valence-electron chi connectivity index (χ3n) is 3.60. The number of aliphatic hydroxyl groups excluding tert-OH is 2. The summed E-state index contributed by atoms with van der Waals surface area (Å²) in [5.74, 6) is 0.0971. The summed E-state index contributed by atoms with van der Waals surface area (Å²) >= 11 is 4.05. The molecular formula is C10H14N5O9P2S-. The number of phosphoric acid groups is 1. The minimum absolute atomic E-state index is 0.0971. The highest BCUT2D eigenvalue weighted by molar-refractivity contribution is 8.08. The molecule has 17 heteroatoms. The fourth-order valence-electron chi connectivity index (χ4n) is 2.47. The monoisotopic (exact) mass is 442 g/mol. The first-order chi connectivity index (χ1) is 12.5. The summed E-state index contributed by atoms with van der Waals surface area (Å²) in [6, 6.07) is 0. The minimum atomic E-state index is -5.17. The van der Waals surface area contributed by atoms with E-state index in [1.807, 2.05) is 0 Å². The molecule has 0 aromatic carbocycles. The van der Waals surface area contributed by atoms with Gasteiger partial charge in [-0.1, -0.05) is 0 Å². The molecule has 27 heavy (non-hydrogen) atoms. The van der Waals surface area contributed by atoms with Crippen molar-refractivity contribution in [3.8, 4) is 0 Å². The SMILES string of the molecule is Nc1ncnc2c1ncn2C1OC(COP(=O)([O-])OP(O)(O)=S)C(O)C1O. The zero-order valence-electron chi connectivity index (χ0n) is 13.2. The second-order valence-electron chi connectivity index (χ2n) is 5.44. The van der Waals surface area contributed by atoms with Crippen LogP contribution >= 0.6 is 14.5 Å². The molecule has 14 nitrogen and oxygen atoms in total. The van der Waals surface area contributed by atoms with Crippen LogP contribution in [0.3, 0.4) is 0 Å². The maximum absolute atomic E-state index is 11.5. The molecule has 0 spiro atoms. The highest BCUT2D eigenvalue weighted by Crippen LogP contribution is 2.55. The van der Waals surface area contributed by atoms with Crippen molar-refractivity contribution >= 4 is 43.3 Å². The van der Waals surface area contributed by atoms with Crippen molar-refractivity contribution in [2.75, 3.05) is 12.3 Å². The number of aromatic nitrogens is 4. The van der Waals surface area contributed by atoms with Gasteiger partial charge in [-0.2, -0.15) is 0 Å². The largest absolute Gasteiger partial charge is 0.756 e. The van der Waals surface area contributed by atoms with Crippen LogP contribution in [-0.2, 0) is 29.9 Å². The van der Waals surface area contributed by atoms with Crippen LogP contribution in [0.25, 0.3) is 11.2 Å². The second kappa shape index (κ2) is 7.39. The lowest BCUT2D eigenvalue weighted by molar-refractivity contribution is -0.220. The number of phosphoric ester groups is 1. The lowest BCUT2D eigenvalue weighted by Crippen LogP contribution is -2.34. The molecule has 150 valence electrons. The number of hydrogen-bond donors (Lipinski definition) is 5. The smallest absolute Gasteiger partial charge is 0.328 e. The average molecular weight is 442 g/mol. The quantitative estimate of drug-likeness (QED) is 0.298. The van der Waals surface area contributed by atoms with Crippen LogP contribution in [0.5, 0.6) is 0 Å². The van der Waals surface area contributed by atoms with Gasteiger partial charge in [-0.15, -0.1) is 0 Å². The third-order valence-corrected chi connectivity index (χ3v) is 6.32. The van der Waals surface area contributed by atoms with Gasteiger partial charge < -0.3 is 39.9 Å². The summed E-state index contributed by atoms with van der Waals surface area (Å²) in [7, 11) is -5.17. The highest BCUT2D eigenvalue weighted by Gasteiger charge is 2.45. The van der Waals surface area contributed by atoms with E-state index >= 15 is 0 Å². The first kappa shape index (κ1) is 20.6. The molecule has 1 aliphatic rings. The predicted octanol–water partition coefficient (Wildman–Crippen LogP) is -2.26. The first-order valence-electron chi connectivity index (χ1n) is 7.15. The van der Waals surface area contributed by atoms with Crippen LogP contribution < -0.4 is 10.6 Å². The van der Waals surface area contributed by atoms with Crippen molar-refractivity contribution in [3.63, 3.8) is 0 Å². The Morgan fingerprint density at radius 1 is 1.33 bits per heavy atom. The van der Waals surface area contributed by atoms with Gasteiger partial charge in [0.1, 0.15) is 30.2 Å². The molecule has 1 fully saturated rings. The molecule has 3 heterocycles. The number of ether oxygens (including phenoxy) is 1. The zero-order chi connectivity index (χ0) is 20.0. The third kappa shape index (κ3) is 4.50. The van der Waals surface area contributed by atoms with Gasteiger partial charge in [-0.25, -0.2) is 19.3 Å². The van der Waals surface area contributed by atoms with Crippen LogP contribution in [0.2, 0.25) is 0 Å². The van der Waals surface area contributed by atoms with E-state index in [2.05, 4.69) is 35.6 Å². The Kier molecular flexibility index (Phi) is 5.65. The van der Waals surface area contributed by atoms with Gasteiger partial charge >= 0.3 is 6.72 Å². The number of hydrogen-bond acceptors (Lipinski definition) is 12. The van der Waals surface area contributed by atoms with Crippen LogP contribution in [-0.4, -0.2) is 64.4 Å². The fourth-order valence-corrected chi connectivity index (χ4v) is 4.77. The van der Waals surface area contributed by atoms with Gasteiger partial charge in [-0.05, 0) is 11.8 Å². The summed E-state index contributed by atoms with van der Waals surface area (Å²) in [5.41, 5.74) is 6.15. The number of anilines is 1. The molecule has 1 saturated heterocycles. The summed E-state index contributed by atoms with van der Waals surface area (Å²) < 4.78 is 26.5. The van der Waals surface area contributed by atoms with Crippen LogP contribution in [0, 0.1) is 0 Å². The molecule has 5 atom stereocenters. The number of aliphatic hydroxyl groups is 2. The average Bonchev–Trinajstić information content (AvgIpc) is 3.07. The van der Waals surface area contributed by atoms with E-state index in [1.165, 1.54) is 17.2 Å². The number of fused-ring (bicyclic) bond motifs is 1. The normalized spacial score (nSPS) is 28.5. The molecule has 0 radical (unpaired) electrons. The first-order valence-corrected chi connectivity index (χ1v) is 11.2. The Morgan fingerprint density at radius 2 is 2.04 bits per heavy atom. The summed E-state index contributed by atoms with van der Waals surface area (Å²) in [6.45, 7) is -5.30. The molecule has 0 aliphatic carbocycles. The van der Waals surface area contributed by atoms with Gasteiger partial charge in [-0.3, -0.25) is 9.13 Å². The maximum atomic E-state index is 11.5. The molecule has 5 unspecified atom stereocenters. The van der Waals surface area contributed by atoms with Crippen molar-refractivity contribution in [1.29, 1.82) is 0 Å². The molecule has 0 saturated carbocycles. The Balaban J connectivity index is 1.75. The van der Waals surface area contributed by atoms with Gasteiger partial charge in [0.15, 0.2) is 17.7 Å². The van der Waals surface area contributed by atoms with E-state index in [0.29, 0.717) is 0 Å². The number of nitrogen functional groups attached to an aromatic ring is 1. The standard InChI is InChI=1S/C10H15N5O9P2S/c11-8-5-9(13-2-12-8)15(3-14-5)10-7(17)6(16)4(23-10)1-22-25(18,19)24-26(20,21)27/h2-4,6-7,10,16-17H,1H2,(H,18,19)(H2,11,12,13)(H2,20,21,27)/p-1. The Bertz CT molecular complexity index is 937. The second-order valence-corrected chi connectivity index (χ2v) is 9.66. The Labute approximate surface area is 156 Å². The van der Waals surface area contributed by atoms with Crippen molar-refractivity contribution < 1.29 is 43.0 Å². The van der Waals surface area contributed by atoms with Crippen LogP contribution in [0.1, 0.15) is 6.23 Å². The lowest BCUT2D eigenvalue weighted by Gasteiger charge is -2.26. The molecule has 2 aromatic heterocycles. The van der Waals surface area contributed by atoms with E-state index in [0.717, 1.165) is 0 Å². The number of nitrogens with two attached hydrogens (primary N) is 1. The van der Waals surface area contributed by atoms with E-state index in [4.69, 9.17) is 20.3 Å². The van der Waals surface area contributed by atoms with Gasteiger partial charge in [0.05, 0.1) is 12.9 Å². The Hall–Kier alpha value is -1.09. The van der Waals surface area contributed by atoms with Gasteiger partial charge in [0.2, 0.25) is 0 Å². The fraction of sp³-hybridized carbons (Fsp3) is 0.500. The predicted molar refractivity (Wildman–Crippen MR) is 89.0 cm³/mol. The summed E-state index contributed by atoms with van der Waals surface area (Å²) in [6.07, 6.45) is -3.08. The van der Waals surface area contributed by atoms with Crippen molar-refractivity contribution in [1.82, 2.24) is 19.5 Å². The highest BCUT2D eigenvalue weighted by atomic mass is 32.5. The zero-order valence-corrected chi connectivity index (χ0v) is 15.8. The van der Waals surface area contributed by atoms with E-state index in [9.17, 15) is 19.7 Å². The molecular weight excluding hydrogens is 428 g/mol. The van der Waals surface area contributed by atoms with Crippen molar-refractivity contribution in [2.45, 2.75) is 24.5 Å². The topological polar surface area (TPSA) is 218 Å². The molecule has 2 aromatic rings. The molecule has 1 aliphatic heterocycles. The van der Waals surface area contributed by atoms with E-state index < -0.39 is 45.7 Å². The Morgan fingerprint density at radius 3 is 2.70 bits per heavy atom.